The molecule has 0 aliphatic heterocycles. The summed E-state index contributed by atoms with van der Waals surface area (Å²) in [4.78, 5) is 8.45. The van der Waals surface area contributed by atoms with E-state index in [9.17, 15) is 0 Å². The Hall–Kier alpha value is -2.24. The van der Waals surface area contributed by atoms with Gasteiger partial charge < -0.3 is 4.74 Å². The van der Waals surface area contributed by atoms with E-state index in [1.807, 2.05) is 26.8 Å². The Morgan fingerprint density at radius 1 is 1.28 bits per heavy atom. The minimum Gasteiger partial charge on any atom is -0.480 e. The lowest BCUT2D eigenvalue weighted by molar-refractivity contribution is 0.404. The Balaban J connectivity index is 0.000000574. The van der Waals surface area contributed by atoms with Crippen LogP contribution >= 0.6 is 0 Å². The average molecular weight is 245 g/mol. The molecule has 0 saturated carbocycles. The summed E-state index contributed by atoms with van der Waals surface area (Å²) in [6, 6.07) is 1.84. The number of hydrogen-bond acceptors (Lipinski definition) is 5. The lowest BCUT2D eigenvalue weighted by Crippen LogP contribution is -1.98. The van der Waals surface area contributed by atoms with Crippen molar-refractivity contribution in [1.29, 1.82) is 0 Å². The van der Waals surface area contributed by atoms with Crippen LogP contribution in [0, 0.1) is 6.92 Å². The summed E-state index contributed by atoms with van der Waals surface area (Å²) in [6.07, 6.45) is 3.42. The summed E-state index contributed by atoms with van der Waals surface area (Å²) >= 11 is 0. The number of nitrogens with zero attached hydrogens (tertiary/aromatic N) is 5. The van der Waals surface area contributed by atoms with E-state index in [1.54, 1.807) is 24.0 Å². The molecule has 6 nitrogen and oxygen atoms in total. The van der Waals surface area contributed by atoms with Crippen molar-refractivity contribution in [1.82, 2.24) is 24.8 Å². The SMILES string of the molecule is CC.COc1nc2c(C)nnn2c2cnccc12. The normalized spacial score (nSPS) is 10.2. The third-order valence-electron chi connectivity index (χ3n) is 2.47. The summed E-state index contributed by atoms with van der Waals surface area (Å²) < 4.78 is 6.92. The van der Waals surface area contributed by atoms with Crippen LogP contribution in [0.25, 0.3) is 16.6 Å². The molecule has 0 fully saturated rings. The van der Waals surface area contributed by atoms with Gasteiger partial charge in [0.2, 0.25) is 5.88 Å². The first-order valence-electron chi connectivity index (χ1n) is 5.81. The predicted octanol–water partition coefficient (Wildman–Crippen LogP) is 2.02. The Morgan fingerprint density at radius 3 is 2.78 bits per heavy atom. The number of methoxy groups -OCH3 is 1. The highest BCUT2D eigenvalue weighted by atomic mass is 16.5. The molecule has 0 N–H and O–H groups in total. The fourth-order valence-electron chi connectivity index (χ4n) is 1.69. The summed E-state index contributed by atoms with van der Waals surface area (Å²) in [5.74, 6) is 0.565. The molecule has 0 amide bonds. The third-order valence-corrected chi connectivity index (χ3v) is 2.47. The molecule has 0 aliphatic rings. The van der Waals surface area contributed by atoms with E-state index in [2.05, 4.69) is 20.3 Å². The molecule has 3 rings (SSSR count). The highest BCUT2D eigenvalue weighted by molar-refractivity contribution is 5.85. The fourth-order valence-corrected chi connectivity index (χ4v) is 1.69. The van der Waals surface area contributed by atoms with Crippen LogP contribution in [-0.2, 0) is 0 Å². The quantitative estimate of drug-likeness (QED) is 0.656. The molecule has 3 aromatic heterocycles. The molecule has 0 atom stereocenters. The summed E-state index contributed by atoms with van der Waals surface area (Å²) in [6.45, 7) is 5.86. The van der Waals surface area contributed by atoms with Crippen molar-refractivity contribution in [3.8, 4) is 5.88 Å². The van der Waals surface area contributed by atoms with Gasteiger partial charge in [0, 0.05) is 6.20 Å². The zero-order chi connectivity index (χ0) is 13.1. The average Bonchev–Trinajstić information content (AvgIpc) is 2.82. The van der Waals surface area contributed by atoms with Gasteiger partial charge in [-0.05, 0) is 13.0 Å². The topological polar surface area (TPSA) is 65.2 Å². The Labute approximate surface area is 105 Å². The maximum atomic E-state index is 5.25. The first-order valence-corrected chi connectivity index (χ1v) is 5.81. The van der Waals surface area contributed by atoms with Gasteiger partial charge in [0.1, 0.15) is 5.69 Å². The van der Waals surface area contributed by atoms with Gasteiger partial charge in [0.05, 0.1) is 24.2 Å². The molecule has 0 bridgehead atoms. The van der Waals surface area contributed by atoms with Crippen molar-refractivity contribution in [2.75, 3.05) is 7.11 Å². The maximum absolute atomic E-state index is 5.25. The monoisotopic (exact) mass is 245 g/mol. The van der Waals surface area contributed by atoms with Crippen molar-refractivity contribution in [2.24, 2.45) is 0 Å². The van der Waals surface area contributed by atoms with Crippen LogP contribution in [0.15, 0.2) is 18.5 Å². The standard InChI is InChI=1S/C10H9N5O.C2H6/c1-6-9-12-10(16-2)7-3-4-11-5-8(7)15(9)14-13-6;1-2/h3-5H,1-2H3;1-2H3. The van der Waals surface area contributed by atoms with Crippen LogP contribution in [0.3, 0.4) is 0 Å². The summed E-state index contributed by atoms with van der Waals surface area (Å²) in [5.41, 5.74) is 2.30. The van der Waals surface area contributed by atoms with Gasteiger partial charge in [0.25, 0.3) is 0 Å². The van der Waals surface area contributed by atoms with E-state index in [0.717, 1.165) is 16.6 Å². The van der Waals surface area contributed by atoms with E-state index in [0.29, 0.717) is 11.5 Å². The number of fused-ring (bicyclic) bond motifs is 3. The molecule has 0 aromatic carbocycles. The Bertz CT molecular complexity index is 677. The van der Waals surface area contributed by atoms with Crippen LogP contribution < -0.4 is 4.74 Å². The smallest absolute Gasteiger partial charge is 0.224 e. The van der Waals surface area contributed by atoms with E-state index in [4.69, 9.17) is 4.74 Å². The molecule has 0 aliphatic carbocycles. The highest BCUT2D eigenvalue weighted by Crippen LogP contribution is 2.23. The number of hydrogen-bond donors (Lipinski definition) is 0. The minimum absolute atomic E-state index is 0.565. The number of aromatic nitrogens is 5. The number of aryl methyl sites for hydroxylation is 1. The molecule has 18 heavy (non-hydrogen) atoms. The van der Waals surface area contributed by atoms with Crippen LogP contribution in [-0.4, -0.2) is 31.9 Å². The van der Waals surface area contributed by atoms with Crippen molar-refractivity contribution in [2.45, 2.75) is 20.8 Å². The highest BCUT2D eigenvalue weighted by Gasteiger charge is 2.11. The second-order valence-electron chi connectivity index (χ2n) is 3.42. The van der Waals surface area contributed by atoms with E-state index in [1.165, 1.54) is 0 Å². The molecular formula is C12H15N5O. The second-order valence-corrected chi connectivity index (χ2v) is 3.42. The van der Waals surface area contributed by atoms with Gasteiger partial charge in [-0.15, -0.1) is 5.10 Å². The van der Waals surface area contributed by atoms with Crippen molar-refractivity contribution in [3.05, 3.63) is 24.2 Å². The van der Waals surface area contributed by atoms with Crippen LogP contribution in [0.4, 0.5) is 0 Å². The first-order chi connectivity index (χ1) is 8.81. The van der Waals surface area contributed by atoms with Crippen LogP contribution in [0.5, 0.6) is 5.88 Å². The van der Waals surface area contributed by atoms with Crippen molar-refractivity contribution in [3.63, 3.8) is 0 Å². The second kappa shape index (κ2) is 4.95. The first kappa shape index (κ1) is 12.2. The maximum Gasteiger partial charge on any atom is 0.224 e. The lowest BCUT2D eigenvalue weighted by atomic mass is 10.3. The van der Waals surface area contributed by atoms with Gasteiger partial charge in [-0.25, -0.2) is 0 Å². The minimum atomic E-state index is 0.565. The van der Waals surface area contributed by atoms with Crippen molar-refractivity contribution >= 4 is 16.6 Å². The summed E-state index contributed by atoms with van der Waals surface area (Å²) in [5, 5.41) is 8.89. The van der Waals surface area contributed by atoms with E-state index < -0.39 is 0 Å². The van der Waals surface area contributed by atoms with Gasteiger partial charge >= 0.3 is 0 Å². The Kier molecular flexibility index (Phi) is 3.36. The molecule has 0 unspecified atom stereocenters. The predicted molar refractivity (Wildman–Crippen MR) is 68.7 cm³/mol. The Morgan fingerprint density at radius 2 is 2.06 bits per heavy atom. The van der Waals surface area contributed by atoms with E-state index in [-0.39, 0.29) is 0 Å². The number of pyridine rings is 1. The third kappa shape index (κ3) is 1.75. The zero-order valence-electron chi connectivity index (χ0n) is 10.9. The molecule has 3 aromatic rings. The van der Waals surface area contributed by atoms with E-state index >= 15 is 0 Å². The number of rotatable bonds is 1. The zero-order valence-corrected chi connectivity index (χ0v) is 10.9. The molecular weight excluding hydrogens is 230 g/mol. The lowest BCUT2D eigenvalue weighted by Gasteiger charge is -2.05. The molecule has 0 radical (unpaired) electrons. The van der Waals surface area contributed by atoms with Crippen molar-refractivity contribution < 1.29 is 4.74 Å². The van der Waals surface area contributed by atoms with Crippen LogP contribution in [0.2, 0.25) is 0 Å². The van der Waals surface area contributed by atoms with Gasteiger partial charge in [0.15, 0.2) is 5.65 Å². The van der Waals surface area contributed by atoms with Gasteiger partial charge in [-0.3, -0.25) is 4.98 Å². The van der Waals surface area contributed by atoms with Gasteiger partial charge in [-0.2, -0.15) is 9.50 Å². The largest absolute Gasteiger partial charge is 0.480 e. The molecule has 94 valence electrons. The molecule has 0 saturated heterocycles. The molecule has 0 spiro atoms. The molecule has 3 heterocycles. The fraction of sp³-hybridized carbons (Fsp3) is 0.333. The molecule has 6 heteroatoms. The number of ether oxygens (including phenoxy) is 1. The van der Waals surface area contributed by atoms with Gasteiger partial charge in [-0.1, -0.05) is 19.1 Å². The van der Waals surface area contributed by atoms with Crippen LogP contribution in [0.1, 0.15) is 19.5 Å². The summed E-state index contributed by atoms with van der Waals surface area (Å²) in [7, 11) is 1.60.